The molecule has 0 saturated carbocycles. The number of nitrogens with one attached hydrogen (secondary N) is 2. The zero-order valence-corrected chi connectivity index (χ0v) is 18.7. The molecule has 0 bridgehead atoms. The molecular weight excluding hydrogens is 446 g/mol. The van der Waals surface area contributed by atoms with Gasteiger partial charge in [0.15, 0.2) is 0 Å². The van der Waals surface area contributed by atoms with Crippen molar-refractivity contribution in [2.24, 2.45) is 11.5 Å². The summed E-state index contributed by atoms with van der Waals surface area (Å²) in [5.74, 6) is -2.57. The summed E-state index contributed by atoms with van der Waals surface area (Å²) >= 11 is 1.30. The summed E-state index contributed by atoms with van der Waals surface area (Å²) in [4.78, 5) is 63.8. The molecule has 2 aromatic rings. The number of hydrogen-bond donors (Lipinski definition) is 4. The molecule has 2 aliphatic rings. The maximum absolute atomic E-state index is 13.1. The zero-order chi connectivity index (χ0) is 23.9. The maximum Gasteiger partial charge on any atom is 0.325 e. The molecule has 1 aromatic heterocycles. The molecule has 6 N–H and O–H groups in total. The van der Waals surface area contributed by atoms with Crippen molar-refractivity contribution in [2.45, 2.75) is 38.1 Å². The van der Waals surface area contributed by atoms with Crippen molar-refractivity contribution < 1.29 is 24.0 Å². The predicted molar refractivity (Wildman–Crippen MR) is 121 cm³/mol. The summed E-state index contributed by atoms with van der Waals surface area (Å²) in [7, 11) is 0. The van der Waals surface area contributed by atoms with Crippen LogP contribution in [0.3, 0.4) is 0 Å². The molecule has 4 rings (SSSR count). The van der Waals surface area contributed by atoms with E-state index in [9.17, 15) is 24.0 Å². The molecule has 1 aromatic carbocycles. The van der Waals surface area contributed by atoms with Crippen LogP contribution in [0.5, 0.6) is 0 Å². The van der Waals surface area contributed by atoms with Crippen molar-refractivity contribution in [1.82, 2.24) is 10.2 Å². The largest absolute Gasteiger partial charge is 0.366 e. The van der Waals surface area contributed by atoms with Crippen molar-refractivity contribution in [3.8, 4) is 0 Å². The minimum atomic E-state index is -1.47. The Balaban J connectivity index is 1.54. The number of aryl methyl sites for hydroxylation is 1. The van der Waals surface area contributed by atoms with Crippen molar-refractivity contribution in [1.29, 1.82) is 0 Å². The monoisotopic (exact) mass is 469 g/mol. The number of carbonyl (C=O) groups excluding carboxylic acids is 5. The fourth-order valence-corrected chi connectivity index (χ4v) is 5.55. The quantitative estimate of drug-likeness (QED) is 0.467. The Bertz CT molecular complexity index is 1210. The third-order valence-electron chi connectivity index (χ3n) is 5.97. The first-order chi connectivity index (χ1) is 15.6. The van der Waals surface area contributed by atoms with Gasteiger partial charge < -0.3 is 22.1 Å². The summed E-state index contributed by atoms with van der Waals surface area (Å²) in [6.45, 7) is 0.945. The lowest BCUT2D eigenvalue weighted by Gasteiger charge is -2.22. The molecule has 6 amide bonds. The van der Waals surface area contributed by atoms with Crippen molar-refractivity contribution in [3.05, 3.63) is 51.4 Å². The minimum absolute atomic E-state index is 0.188. The second-order valence-electron chi connectivity index (χ2n) is 8.22. The second kappa shape index (κ2) is 8.32. The Labute approximate surface area is 193 Å². The summed E-state index contributed by atoms with van der Waals surface area (Å²) < 4.78 is 0. The number of urea groups is 1. The molecule has 0 spiro atoms. The average molecular weight is 470 g/mol. The zero-order valence-electron chi connectivity index (χ0n) is 17.9. The van der Waals surface area contributed by atoms with E-state index in [1.807, 2.05) is 0 Å². The molecule has 2 heterocycles. The lowest BCUT2D eigenvalue weighted by atomic mass is 9.90. The van der Waals surface area contributed by atoms with Crippen molar-refractivity contribution >= 4 is 46.0 Å². The van der Waals surface area contributed by atoms with E-state index in [1.54, 1.807) is 12.1 Å². The normalized spacial score (nSPS) is 19.7. The number of primary amides is 2. The van der Waals surface area contributed by atoms with Gasteiger partial charge in [-0.15, -0.1) is 11.3 Å². The fourth-order valence-electron chi connectivity index (χ4n) is 4.24. The average Bonchev–Trinajstić information content (AvgIpc) is 3.24. The highest BCUT2D eigenvalue weighted by molar-refractivity contribution is 7.17. The predicted octanol–water partition coefficient (Wildman–Crippen LogP) is 1.23. The van der Waals surface area contributed by atoms with E-state index in [-0.39, 0.29) is 5.56 Å². The fraction of sp³-hybridized carbons (Fsp3) is 0.318. The highest BCUT2D eigenvalue weighted by Gasteiger charge is 2.49. The Hall–Kier alpha value is -3.73. The number of carbonyl (C=O) groups is 5. The van der Waals surface area contributed by atoms with Crippen LogP contribution < -0.4 is 22.1 Å². The van der Waals surface area contributed by atoms with Crippen LogP contribution in [0.1, 0.15) is 56.5 Å². The molecular formula is C22H23N5O5S. The van der Waals surface area contributed by atoms with E-state index in [4.69, 9.17) is 11.5 Å². The molecule has 1 saturated heterocycles. The van der Waals surface area contributed by atoms with Gasteiger partial charge in [0.25, 0.3) is 11.8 Å². The molecule has 33 heavy (non-hydrogen) atoms. The maximum atomic E-state index is 13.1. The van der Waals surface area contributed by atoms with Crippen LogP contribution in [0.15, 0.2) is 24.3 Å². The van der Waals surface area contributed by atoms with Crippen LogP contribution in [0.25, 0.3) is 0 Å². The molecule has 1 fully saturated rings. The van der Waals surface area contributed by atoms with Crippen molar-refractivity contribution in [3.63, 3.8) is 0 Å². The SMILES string of the molecule is CC1(c2cccc(C(N)=O)c2)NC(=O)N(CC(=O)Nc2sc3c(c2C(N)=O)CCCC3)C1=O. The van der Waals surface area contributed by atoms with Gasteiger partial charge in [0.1, 0.15) is 17.1 Å². The standard InChI is InChI=1S/C22H23N5O5S/c1-22(12-6-4-5-11(9-12)17(23)29)20(31)27(21(32)26-22)10-15(28)25-19-16(18(24)30)13-7-2-3-8-14(13)33-19/h4-6,9H,2-3,7-8,10H2,1H3,(H2,23,29)(H2,24,30)(H,25,28)(H,26,32). The molecule has 1 aliphatic heterocycles. The van der Waals surface area contributed by atoms with Crippen LogP contribution in [0.4, 0.5) is 9.80 Å². The summed E-state index contributed by atoms with van der Waals surface area (Å²) in [6, 6.07) is 5.32. The van der Waals surface area contributed by atoms with Crippen molar-refractivity contribution in [2.75, 3.05) is 11.9 Å². The van der Waals surface area contributed by atoms with E-state index >= 15 is 0 Å². The van der Waals surface area contributed by atoms with Gasteiger partial charge >= 0.3 is 6.03 Å². The van der Waals surface area contributed by atoms with Gasteiger partial charge in [-0.1, -0.05) is 12.1 Å². The smallest absolute Gasteiger partial charge is 0.325 e. The molecule has 10 nitrogen and oxygen atoms in total. The number of benzene rings is 1. The molecule has 0 radical (unpaired) electrons. The number of anilines is 1. The van der Waals surface area contributed by atoms with Gasteiger partial charge in [0, 0.05) is 10.4 Å². The first kappa shape index (κ1) is 22.5. The number of fused-ring (bicyclic) bond motifs is 1. The van der Waals surface area contributed by atoms with Crippen LogP contribution in [0, 0.1) is 0 Å². The topological polar surface area (TPSA) is 165 Å². The number of rotatable bonds is 6. The Morgan fingerprint density at radius 3 is 2.58 bits per heavy atom. The number of hydrogen-bond acceptors (Lipinski definition) is 6. The molecule has 172 valence electrons. The molecule has 1 unspecified atom stereocenters. The first-order valence-electron chi connectivity index (χ1n) is 10.4. The number of nitrogens with zero attached hydrogens (tertiary/aromatic N) is 1. The van der Waals surface area contributed by atoms with Gasteiger partial charge in [-0.3, -0.25) is 24.1 Å². The number of thiophene rings is 1. The summed E-state index contributed by atoms with van der Waals surface area (Å²) in [5, 5.41) is 5.57. The van der Waals surface area contributed by atoms with Crippen LogP contribution in [-0.2, 0) is 28.0 Å². The lowest BCUT2D eigenvalue weighted by Crippen LogP contribution is -2.42. The lowest BCUT2D eigenvalue weighted by molar-refractivity contribution is -0.133. The molecule has 1 aliphatic carbocycles. The number of amides is 6. The summed E-state index contributed by atoms with van der Waals surface area (Å²) in [5.41, 5.74) is 11.1. The van der Waals surface area contributed by atoms with Gasteiger partial charge in [0.05, 0.1) is 5.56 Å². The highest BCUT2D eigenvalue weighted by atomic mass is 32.1. The third kappa shape index (κ3) is 3.95. The van der Waals surface area contributed by atoms with E-state index < -0.39 is 41.7 Å². The van der Waals surface area contributed by atoms with E-state index in [0.29, 0.717) is 16.1 Å². The van der Waals surface area contributed by atoms with E-state index in [2.05, 4.69) is 10.6 Å². The van der Waals surface area contributed by atoms with E-state index in [0.717, 1.165) is 41.0 Å². The van der Waals surface area contributed by atoms with E-state index in [1.165, 1.54) is 30.4 Å². The van der Waals surface area contributed by atoms with Crippen LogP contribution in [0.2, 0.25) is 0 Å². The van der Waals surface area contributed by atoms with Gasteiger partial charge in [-0.2, -0.15) is 0 Å². The third-order valence-corrected chi connectivity index (χ3v) is 7.18. The second-order valence-corrected chi connectivity index (χ2v) is 9.32. The Kier molecular flexibility index (Phi) is 5.66. The van der Waals surface area contributed by atoms with Gasteiger partial charge in [-0.05, 0) is 55.9 Å². The Morgan fingerprint density at radius 2 is 1.88 bits per heavy atom. The van der Waals surface area contributed by atoms with Gasteiger partial charge in [-0.25, -0.2) is 4.79 Å². The van der Waals surface area contributed by atoms with Gasteiger partial charge in [0.2, 0.25) is 11.8 Å². The van der Waals surface area contributed by atoms with Crippen LogP contribution >= 0.6 is 11.3 Å². The summed E-state index contributed by atoms with van der Waals surface area (Å²) in [6.07, 6.45) is 3.47. The highest BCUT2D eigenvalue weighted by Crippen LogP contribution is 2.38. The number of imide groups is 1. The molecule has 11 heteroatoms. The number of nitrogens with two attached hydrogens (primary N) is 2. The molecule has 1 atom stereocenters. The first-order valence-corrected chi connectivity index (χ1v) is 11.2. The van der Waals surface area contributed by atoms with Crippen LogP contribution in [-0.4, -0.2) is 41.1 Å². The Morgan fingerprint density at radius 1 is 1.15 bits per heavy atom. The minimum Gasteiger partial charge on any atom is -0.366 e.